The highest BCUT2D eigenvalue weighted by Gasteiger charge is 2.30. The summed E-state index contributed by atoms with van der Waals surface area (Å²) in [5.74, 6) is 0.225. The Bertz CT molecular complexity index is 1690. The van der Waals surface area contributed by atoms with Crippen LogP contribution in [-0.4, -0.2) is 21.9 Å². The highest BCUT2D eigenvalue weighted by molar-refractivity contribution is 6.08. The lowest BCUT2D eigenvalue weighted by atomic mass is 9.95. The number of methoxy groups -OCH3 is 1. The van der Waals surface area contributed by atoms with Crippen molar-refractivity contribution in [3.8, 4) is 29.4 Å². The number of aromatic nitrogens is 1. The van der Waals surface area contributed by atoms with Gasteiger partial charge in [0.2, 0.25) is 5.75 Å². The van der Waals surface area contributed by atoms with Gasteiger partial charge in [0.05, 0.1) is 39.9 Å². The molecule has 0 saturated carbocycles. The van der Waals surface area contributed by atoms with E-state index >= 15 is 0 Å². The number of nitrogens with two attached hydrogens (primary N) is 1. The number of hydrogen-bond donors (Lipinski definition) is 1. The van der Waals surface area contributed by atoms with E-state index in [1.54, 1.807) is 32.1 Å². The average molecular weight is 510 g/mol. The van der Waals surface area contributed by atoms with Crippen molar-refractivity contribution >= 4 is 34.4 Å². The molecule has 0 radical (unpaired) electrons. The minimum Gasteiger partial charge on any atom is -0.493 e. The maximum atomic E-state index is 11.5. The van der Waals surface area contributed by atoms with Crippen molar-refractivity contribution < 1.29 is 19.3 Å². The zero-order valence-electron chi connectivity index (χ0n) is 20.3. The Balaban J connectivity index is 1.79. The van der Waals surface area contributed by atoms with E-state index in [2.05, 4.69) is 17.1 Å². The third kappa shape index (κ3) is 4.23. The van der Waals surface area contributed by atoms with Crippen LogP contribution in [0.2, 0.25) is 0 Å². The zero-order chi connectivity index (χ0) is 27.7. The van der Waals surface area contributed by atoms with E-state index in [9.17, 15) is 30.8 Å². The molecule has 2 N–H and O–H groups in total. The molecule has 0 aliphatic heterocycles. The molecule has 0 amide bonds. The molecule has 188 valence electrons. The first-order valence-corrected chi connectivity index (χ1v) is 10.9. The quantitative estimate of drug-likeness (QED) is 0.335. The number of nitro benzene ring substituents is 2. The molecule has 4 rings (SSSR count). The Morgan fingerprint density at radius 2 is 1.71 bits per heavy atom. The van der Waals surface area contributed by atoms with E-state index < -0.39 is 21.2 Å². The van der Waals surface area contributed by atoms with Crippen molar-refractivity contribution in [2.24, 2.45) is 0 Å². The molecule has 0 saturated heterocycles. The second-order valence-electron chi connectivity index (χ2n) is 8.18. The Hall–Kier alpha value is -5.75. The van der Waals surface area contributed by atoms with Crippen molar-refractivity contribution in [1.82, 2.24) is 4.98 Å². The van der Waals surface area contributed by atoms with Gasteiger partial charge in [-0.3, -0.25) is 20.2 Å². The molecule has 2 aromatic carbocycles. The second kappa shape index (κ2) is 9.72. The molecule has 0 fully saturated rings. The van der Waals surface area contributed by atoms with E-state index in [1.807, 2.05) is 0 Å². The molecule has 12 heteroatoms. The number of benzene rings is 2. The van der Waals surface area contributed by atoms with Crippen LogP contribution < -0.4 is 15.2 Å². The summed E-state index contributed by atoms with van der Waals surface area (Å²) in [6, 6.07) is 12.1. The number of nitrogen functional groups attached to an aromatic ring is 1. The molecular formula is C26H18N6O6. The van der Waals surface area contributed by atoms with E-state index in [4.69, 9.17) is 15.2 Å². The number of anilines is 1. The standard InChI is InChI=1S/C26H18N6O6/c1-13-17(24-14(2)19(12-28)26(29)30-25(24)18(13)11-27)8-15-4-6-22(23(9-15)37-3)38-21-7-5-16(31(33)34)10-20(21)32(35)36/h4-10H,1-3H3,(H2,29,30). The molecule has 1 aliphatic carbocycles. The molecule has 1 heterocycles. The van der Waals surface area contributed by atoms with Crippen LogP contribution in [0.15, 0.2) is 42.0 Å². The lowest BCUT2D eigenvalue weighted by Gasteiger charge is -2.13. The zero-order valence-corrected chi connectivity index (χ0v) is 20.3. The SMILES string of the molecule is COc1cc(C=C2C(C)=C(C#N)c3nc(N)c(C#N)c(C)c32)ccc1Oc1ccc([N+](=O)[O-])cc1[N+](=O)[O-]. The van der Waals surface area contributed by atoms with Crippen LogP contribution in [0.5, 0.6) is 17.2 Å². The van der Waals surface area contributed by atoms with Crippen LogP contribution in [0.4, 0.5) is 17.2 Å². The Morgan fingerprint density at radius 3 is 2.32 bits per heavy atom. The number of nitriles is 2. The van der Waals surface area contributed by atoms with Crippen molar-refractivity contribution in [1.29, 1.82) is 10.5 Å². The molecule has 12 nitrogen and oxygen atoms in total. The van der Waals surface area contributed by atoms with Crippen molar-refractivity contribution in [3.63, 3.8) is 0 Å². The minimum absolute atomic E-state index is 0.0501. The number of rotatable bonds is 6. The van der Waals surface area contributed by atoms with Crippen LogP contribution in [0.1, 0.15) is 34.9 Å². The fourth-order valence-corrected chi connectivity index (χ4v) is 4.19. The molecule has 0 unspecified atom stereocenters. The Kier molecular flexibility index (Phi) is 6.48. The summed E-state index contributed by atoms with van der Waals surface area (Å²) >= 11 is 0. The van der Waals surface area contributed by atoms with E-state index in [-0.39, 0.29) is 28.6 Å². The smallest absolute Gasteiger partial charge is 0.318 e. The summed E-state index contributed by atoms with van der Waals surface area (Å²) in [5.41, 5.74) is 9.12. The van der Waals surface area contributed by atoms with E-state index in [0.717, 1.165) is 18.2 Å². The minimum atomic E-state index is -0.772. The number of allylic oxidation sites excluding steroid dienone is 3. The van der Waals surface area contributed by atoms with Gasteiger partial charge >= 0.3 is 5.69 Å². The first-order valence-electron chi connectivity index (χ1n) is 10.9. The number of fused-ring (bicyclic) bond motifs is 1. The number of pyridine rings is 1. The fraction of sp³-hybridized carbons (Fsp3) is 0.115. The fourth-order valence-electron chi connectivity index (χ4n) is 4.19. The van der Waals surface area contributed by atoms with Gasteiger partial charge in [0.15, 0.2) is 11.5 Å². The molecule has 1 aliphatic rings. The largest absolute Gasteiger partial charge is 0.493 e. The van der Waals surface area contributed by atoms with Crippen molar-refractivity contribution in [2.45, 2.75) is 13.8 Å². The van der Waals surface area contributed by atoms with Gasteiger partial charge < -0.3 is 15.2 Å². The van der Waals surface area contributed by atoms with Gasteiger partial charge in [-0.2, -0.15) is 10.5 Å². The first kappa shape index (κ1) is 25.3. The third-order valence-corrected chi connectivity index (χ3v) is 6.05. The van der Waals surface area contributed by atoms with Crippen LogP contribution in [0, 0.1) is 49.8 Å². The highest BCUT2D eigenvalue weighted by Crippen LogP contribution is 2.45. The summed E-state index contributed by atoms with van der Waals surface area (Å²) < 4.78 is 11.1. The van der Waals surface area contributed by atoms with Crippen molar-refractivity contribution in [2.75, 3.05) is 12.8 Å². The molecule has 0 spiro atoms. The van der Waals surface area contributed by atoms with Crippen LogP contribution >= 0.6 is 0 Å². The average Bonchev–Trinajstić information content (AvgIpc) is 3.14. The van der Waals surface area contributed by atoms with Gasteiger partial charge in [0.25, 0.3) is 5.69 Å². The maximum absolute atomic E-state index is 11.5. The molecule has 0 bridgehead atoms. The van der Waals surface area contributed by atoms with Gasteiger partial charge in [0.1, 0.15) is 18.0 Å². The number of nitrogens with zero attached hydrogens (tertiary/aromatic N) is 5. The molecular weight excluding hydrogens is 492 g/mol. The van der Waals surface area contributed by atoms with E-state index in [0.29, 0.717) is 39.1 Å². The molecule has 1 aromatic heterocycles. The lowest BCUT2D eigenvalue weighted by Crippen LogP contribution is -2.03. The van der Waals surface area contributed by atoms with Gasteiger partial charge in [-0.05, 0) is 60.4 Å². The Labute approximate surface area is 215 Å². The summed E-state index contributed by atoms with van der Waals surface area (Å²) in [6.45, 7) is 3.52. The second-order valence-corrected chi connectivity index (χ2v) is 8.18. The highest BCUT2D eigenvalue weighted by atomic mass is 16.6. The monoisotopic (exact) mass is 510 g/mol. The number of nitro groups is 2. The van der Waals surface area contributed by atoms with Crippen LogP contribution in [-0.2, 0) is 0 Å². The summed E-state index contributed by atoms with van der Waals surface area (Å²) in [6.07, 6.45) is 1.80. The summed E-state index contributed by atoms with van der Waals surface area (Å²) in [7, 11) is 1.39. The lowest BCUT2D eigenvalue weighted by molar-refractivity contribution is -0.394. The van der Waals surface area contributed by atoms with Gasteiger partial charge in [-0.15, -0.1) is 0 Å². The summed E-state index contributed by atoms with van der Waals surface area (Å²) in [5, 5.41) is 41.8. The predicted molar refractivity (Wildman–Crippen MR) is 137 cm³/mol. The molecule has 38 heavy (non-hydrogen) atoms. The van der Waals surface area contributed by atoms with Gasteiger partial charge in [0, 0.05) is 11.6 Å². The first-order chi connectivity index (χ1) is 18.1. The Morgan fingerprint density at radius 1 is 1.00 bits per heavy atom. The van der Waals surface area contributed by atoms with Crippen molar-refractivity contribution in [3.05, 3.63) is 90.1 Å². The van der Waals surface area contributed by atoms with E-state index in [1.165, 1.54) is 13.2 Å². The predicted octanol–water partition coefficient (Wildman–Crippen LogP) is 5.31. The number of non-ortho nitro benzene ring substituents is 1. The topological polar surface area (TPSA) is 191 Å². The summed E-state index contributed by atoms with van der Waals surface area (Å²) in [4.78, 5) is 25.3. The van der Waals surface area contributed by atoms with Gasteiger partial charge in [-0.25, -0.2) is 4.98 Å². The third-order valence-electron chi connectivity index (χ3n) is 6.05. The molecule has 3 aromatic rings. The van der Waals surface area contributed by atoms with Crippen LogP contribution in [0.25, 0.3) is 17.2 Å². The normalized spacial score (nSPS) is 13.0. The molecule has 0 atom stereocenters. The number of ether oxygens (including phenoxy) is 2. The number of hydrogen-bond acceptors (Lipinski definition) is 10. The maximum Gasteiger partial charge on any atom is 0.318 e. The van der Waals surface area contributed by atoms with Gasteiger partial charge in [-0.1, -0.05) is 6.07 Å². The van der Waals surface area contributed by atoms with Crippen LogP contribution in [0.3, 0.4) is 0 Å².